The second kappa shape index (κ2) is 6.78. The predicted octanol–water partition coefficient (Wildman–Crippen LogP) is 2.50. The van der Waals surface area contributed by atoms with Gasteiger partial charge in [-0.05, 0) is 11.6 Å². The normalized spacial score (nSPS) is 10.9. The first-order chi connectivity index (χ1) is 11.1. The lowest BCUT2D eigenvalue weighted by Gasteiger charge is -2.11. The van der Waals surface area contributed by atoms with Crippen LogP contribution < -0.4 is 10.6 Å². The first-order valence-electron chi connectivity index (χ1n) is 7.21. The van der Waals surface area contributed by atoms with Gasteiger partial charge in [-0.25, -0.2) is 0 Å². The molecule has 0 radical (unpaired) electrons. The van der Waals surface area contributed by atoms with E-state index in [4.69, 9.17) is 5.73 Å². The summed E-state index contributed by atoms with van der Waals surface area (Å²) in [5, 5.41) is 1.16. The Morgan fingerprint density at radius 3 is 2.70 bits per heavy atom. The fourth-order valence-electron chi connectivity index (χ4n) is 2.23. The van der Waals surface area contributed by atoms with Gasteiger partial charge in [0.1, 0.15) is 5.82 Å². The fraction of sp³-hybridized carbons (Fsp3) is 0.250. The van der Waals surface area contributed by atoms with Gasteiger partial charge >= 0.3 is 0 Å². The molecule has 0 atom stereocenters. The quantitative estimate of drug-likeness (QED) is 0.771. The van der Waals surface area contributed by atoms with Gasteiger partial charge in [0.25, 0.3) is 0 Å². The van der Waals surface area contributed by atoms with Crippen molar-refractivity contribution in [2.75, 3.05) is 24.7 Å². The summed E-state index contributed by atoms with van der Waals surface area (Å²) in [5.74, 6) is 3.05. The van der Waals surface area contributed by atoms with Crippen LogP contribution in [0.1, 0.15) is 11.4 Å². The number of nitrogens with two attached hydrogens (primary N) is 1. The highest BCUT2D eigenvalue weighted by Gasteiger charge is 2.07. The molecule has 2 heterocycles. The minimum absolute atomic E-state index is 0.256. The zero-order chi connectivity index (χ0) is 16.2. The zero-order valence-electron chi connectivity index (χ0n) is 13.1. The summed E-state index contributed by atoms with van der Waals surface area (Å²) in [6.45, 7) is 0. The standard InChI is InChI=1S/C16H18N6S/c1-22(2)16-20-13(19-15(17)21-16)10-23-9-12-6-3-5-11-7-4-8-18-14(11)12/h3-8H,9-10H2,1-2H3,(H2,17,19,20,21). The third kappa shape index (κ3) is 3.68. The van der Waals surface area contributed by atoms with E-state index >= 15 is 0 Å². The summed E-state index contributed by atoms with van der Waals surface area (Å²) in [6, 6.07) is 10.3. The molecule has 1 aromatic carbocycles. The molecule has 0 saturated heterocycles. The molecule has 2 aromatic heterocycles. The Labute approximate surface area is 139 Å². The van der Waals surface area contributed by atoms with Crippen molar-refractivity contribution in [1.29, 1.82) is 0 Å². The summed E-state index contributed by atoms with van der Waals surface area (Å²) in [5.41, 5.74) is 8.01. The summed E-state index contributed by atoms with van der Waals surface area (Å²) < 4.78 is 0. The highest BCUT2D eigenvalue weighted by Crippen LogP contribution is 2.22. The summed E-state index contributed by atoms with van der Waals surface area (Å²) in [4.78, 5) is 19.0. The first-order valence-corrected chi connectivity index (χ1v) is 8.37. The number of nitrogen functional groups attached to an aromatic ring is 1. The van der Waals surface area contributed by atoms with Crippen molar-refractivity contribution in [3.63, 3.8) is 0 Å². The van der Waals surface area contributed by atoms with Crippen LogP contribution in [0.5, 0.6) is 0 Å². The van der Waals surface area contributed by atoms with Gasteiger partial charge in [0, 0.05) is 31.4 Å². The van der Waals surface area contributed by atoms with Gasteiger partial charge in [-0.15, -0.1) is 11.8 Å². The van der Waals surface area contributed by atoms with Gasteiger partial charge < -0.3 is 10.6 Å². The Balaban J connectivity index is 1.72. The van der Waals surface area contributed by atoms with E-state index in [0.29, 0.717) is 17.5 Å². The maximum absolute atomic E-state index is 5.75. The van der Waals surface area contributed by atoms with Gasteiger partial charge in [-0.3, -0.25) is 4.98 Å². The highest BCUT2D eigenvalue weighted by atomic mass is 32.2. The molecule has 3 aromatic rings. The molecule has 7 heteroatoms. The lowest BCUT2D eigenvalue weighted by Crippen LogP contribution is -2.15. The molecule has 0 saturated carbocycles. The van der Waals surface area contributed by atoms with Crippen molar-refractivity contribution >= 4 is 34.6 Å². The van der Waals surface area contributed by atoms with Gasteiger partial charge in [-0.1, -0.05) is 24.3 Å². The summed E-state index contributed by atoms with van der Waals surface area (Å²) in [7, 11) is 3.76. The van der Waals surface area contributed by atoms with Crippen LogP contribution >= 0.6 is 11.8 Å². The van der Waals surface area contributed by atoms with Crippen LogP contribution in [-0.2, 0) is 11.5 Å². The molecule has 0 fully saturated rings. The third-order valence-electron chi connectivity index (χ3n) is 3.29. The Bertz CT molecular complexity index is 815. The molecule has 0 aliphatic carbocycles. The number of hydrogen-bond acceptors (Lipinski definition) is 7. The van der Waals surface area contributed by atoms with E-state index in [9.17, 15) is 0 Å². The van der Waals surface area contributed by atoms with Gasteiger partial charge in [0.05, 0.1) is 11.3 Å². The van der Waals surface area contributed by atoms with E-state index in [0.717, 1.165) is 16.7 Å². The molecule has 0 unspecified atom stereocenters. The SMILES string of the molecule is CN(C)c1nc(N)nc(CSCc2cccc3cccnc23)n1. The van der Waals surface area contributed by atoms with Crippen molar-refractivity contribution in [2.45, 2.75) is 11.5 Å². The average Bonchev–Trinajstić information content (AvgIpc) is 2.54. The molecule has 6 nitrogen and oxygen atoms in total. The minimum Gasteiger partial charge on any atom is -0.368 e. The Kier molecular flexibility index (Phi) is 4.57. The molecular weight excluding hydrogens is 308 g/mol. The zero-order valence-corrected chi connectivity index (χ0v) is 13.9. The smallest absolute Gasteiger partial charge is 0.229 e. The predicted molar refractivity (Wildman–Crippen MR) is 95.3 cm³/mol. The van der Waals surface area contributed by atoms with E-state index in [1.165, 1.54) is 5.56 Å². The molecule has 0 aliphatic rings. The first kappa shape index (κ1) is 15.5. The molecule has 0 amide bonds. The van der Waals surface area contributed by atoms with Crippen LogP contribution in [0.4, 0.5) is 11.9 Å². The molecule has 2 N–H and O–H groups in total. The van der Waals surface area contributed by atoms with Crippen LogP contribution in [0.2, 0.25) is 0 Å². The lowest BCUT2D eigenvalue weighted by molar-refractivity contribution is 0.919. The van der Waals surface area contributed by atoms with E-state index < -0.39 is 0 Å². The van der Waals surface area contributed by atoms with Crippen LogP contribution in [0.3, 0.4) is 0 Å². The van der Waals surface area contributed by atoms with E-state index in [2.05, 4.69) is 44.2 Å². The van der Waals surface area contributed by atoms with Crippen LogP contribution in [0, 0.1) is 0 Å². The molecule has 3 rings (SSSR count). The highest BCUT2D eigenvalue weighted by molar-refractivity contribution is 7.97. The van der Waals surface area contributed by atoms with E-state index in [-0.39, 0.29) is 5.95 Å². The van der Waals surface area contributed by atoms with E-state index in [1.54, 1.807) is 11.8 Å². The maximum atomic E-state index is 5.75. The maximum Gasteiger partial charge on any atom is 0.229 e. The summed E-state index contributed by atoms with van der Waals surface area (Å²) in [6.07, 6.45) is 1.83. The molecule has 0 bridgehead atoms. The summed E-state index contributed by atoms with van der Waals surface area (Å²) >= 11 is 1.74. The van der Waals surface area contributed by atoms with Gasteiger partial charge in [-0.2, -0.15) is 15.0 Å². The Hall–Kier alpha value is -2.41. The fourth-order valence-corrected chi connectivity index (χ4v) is 3.09. The second-order valence-corrected chi connectivity index (χ2v) is 6.27. The minimum atomic E-state index is 0.256. The average molecular weight is 326 g/mol. The monoisotopic (exact) mass is 326 g/mol. The van der Waals surface area contributed by atoms with Crippen molar-refractivity contribution in [1.82, 2.24) is 19.9 Å². The number of thioether (sulfide) groups is 1. The van der Waals surface area contributed by atoms with Crippen molar-refractivity contribution in [2.24, 2.45) is 0 Å². The second-order valence-electron chi connectivity index (χ2n) is 5.29. The van der Waals surface area contributed by atoms with Crippen LogP contribution in [0.15, 0.2) is 36.5 Å². The van der Waals surface area contributed by atoms with Crippen molar-refractivity contribution < 1.29 is 0 Å². The van der Waals surface area contributed by atoms with Crippen molar-refractivity contribution in [3.8, 4) is 0 Å². The molecule has 23 heavy (non-hydrogen) atoms. The van der Waals surface area contributed by atoms with Gasteiger partial charge in [0.15, 0.2) is 0 Å². The number of fused-ring (bicyclic) bond motifs is 1. The molecule has 118 valence electrons. The van der Waals surface area contributed by atoms with Crippen LogP contribution in [-0.4, -0.2) is 34.0 Å². The number of anilines is 2. The topological polar surface area (TPSA) is 80.8 Å². The molecular formula is C16H18N6S. The molecule has 0 aliphatic heterocycles. The largest absolute Gasteiger partial charge is 0.368 e. The number of hydrogen-bond donors (Lipinski definition) is 1. The van der Waals surface area contributed by atoms with E-state index in [1.807, 2.05) is 31.3 Å². The Morgan fingerprint density at radius 2 is 1.87 bits per heavy atom. The number of pyridine rings is 1. The number of aromatic nitrogens is 4. The van der Waals surface area contributed by atoms with Gasteiger partial charge in [0.2, 0.25) is 11.9 Å². The molecule has 0 spiro atoms. The number of nitrogens with zero attached hydrogens (tertiary/aromatic N) is 5. The van der Waals surface area contributed by atoms with Crippen LogP contribution in [0.25, 0.3) is 10.9 Å². The lowest BCUT2D eigenvalue weighted by atomic mass is 10.1. The Morgan fingerprint density at radius 1 is 1.04 bits per heavy atom. The third-order valence-corrected chi connectivity index (χ3v) is 4.27. The number of rotatable bonds is 5. The van der Waals surface area contributed by atoms with Crippen molar-refractivity contribution in [3.05, 3.63) is 47.9 Å². The number of benzene rings is 1. The number of para-hydroxylation sites is 1.